The molecule has 0 spiro atoms. The van der Waals surface area contributed by atoms with Gasteiger partial charge in [0.2, 0.25) is 0 Å². The third-order valence-corrected chi connectivity index (χ3v) is 1.65. The van der Waals surface area contributed by atoms with Crippen molar-refractivity contribution in [3.63, 3.8) is 0 Å². The van der Waals surface area contributed by atoms with Crippen molar-refractivity contribution in [2.45, 2.75) is 26.7 Å². The number of alkyl carbamates (subject to hydrolysis) is 2. The predicted molar refractivity (Wildman–Crippen MR) is 59.3 cm³/mol. The van der Waals surface area contributed by atoms with E-state index in [1.165, 1.54) is 0 Å². The molecule has 6 nitrogen and oxygen atoms in total. The van der Waals surface area contributed by atoms with Crippen molar-refractivity contribution < 1.29 is 19.1 Å². The second kappa shape index (κ2) is 10.1. The van der Waals surface area contributed by atoms with Crippen LogP contribution in [0.4, 0.5) is 9.59 Å². The Hall–Kier alpha value is -1.46. The molecule has 0 aliphatic carbocycles. The molecule has 2 amide bonds. The van der Waals surface area contributed by atoms with Crippen molar-refractivity contribution in [1.82, 2.24) is 10.6 Å². The summed E-state index contributed by atoms with van der Waals surface area (Å²) in [5.41, 5.74) is 0. The number of hydrogen-bond acceptors (Lipinski definition) is 4. The van der Waals surface area contributed by atoms with Gasteiger partial charge in [-0.25, -0.2) is 9.59 Å². The number of ether oxygens (including phenoxy) is 2. The fourth-order valence-electron chi connectivity index (χ4n) is 0.925. The van der Waals surface area contributed by atoms with Crippen LogP contribution >= 0.6 is 0 Å². The summed E-state index contributed by atoms with van der Waals surface area (Å²) in [6.07, 6.45) is 0.534. The lowest BCUT2D eigenvalue weighted by molar-refractivity contribution is 0.129. The third kappa shape index (κ3) is 9.11. The Balaban J connectivity index is 3.21. The van der Waals surface area contributed by atoms with Crippen molar-refractivity contribution in [2.24, 2.45) is 0 Å². The first kappa shape index (κ1) is 14.5. The van der Waals surface area contributed by atoms with Crippen LogP contribution in [-0.4, -0.2) is 38.5 Å². The Morgan fingerprint density at radius 1 is 0.875 bits per heavy atom. The van der Waals surface area contributed by atoms with Gasteiger partial charge in [-0.3, -0.25) is 0 Å². The molecule has 0 bridgehead atoms. The van der Waals surface area contributed by atoms with Crippen LogP contribution in [-0.2, 0) is 9.47 Å². The van der Waals surface area contributed by atoms with Gasteiger partial charge in [0, 0.05) is 13.1 Å². The quantitative estimate of drug-likeness (QED) is 0.648. The molecule has 0 saturated carbocycles. The number of amides is 2. The highest BCUT2D eigenvalue weighted by atomic mass is 16.6. The molecule has 0 aromatic rings. The van der Waals surface area contributed by atoms with Crippen molar-refractivity contribution in [3.8, 4) is 0 Å². The standard InChI is InChI=1S/C10H20N2O4/c1-3-11-9(13)15-7-5-6-8-16-10(14)12-4-2/h3-8H2,1-2H3,(H,11,13)(H,12,14). The number of nitrogens with one attached hydrogen (secondary N) is 2. The first-order valence-corrected chi connectivity index (χ1v) is 5.52. The van der Waals surface area contributed by atoms with Gasteiger partial charge in [-0.05, 0) is 26.7 Å². The van der Waals surface area contributed by atoms with E-state index < -0.39 is 12.2 Å². The van der Waals surface area contributed by atoms with Crippen LogP contribution in [0.5, 0.6) is 0 Å². The molecule has 0 radical (unpaired) electrons. The first-order chi connectivity index (χ1) is 7.70. The Kier molecular flexibility index (Phi) is 9.15. The molecular weight excluding hydrogens is 212 g/mol. The van der Waals surface area contributed by atoms with E-state index in [-0.39, 0.29) is 0 Å². The molecular formula is C10H20N2O4. The third-order valence-electron chi connectivity index (χ3n) is 1.65. The Morgan fingerprint density at radius 2 is 1.25 bits per heavy atom. The molecule has 6 heteroatoms. The fraction of sp³-hybridized carbons (Fsp3) is 0.800. The molecule has 2 N–H and O–H groups in total. The zero-order valence-corrected chi connectivity index (χ0v) is 9.88. The molecule has 0 aromatic carbocycles. The van der Waals surface area contributed by atoms with E-state index in [9.17, 15) is 9.59 Å². The largest absolute Gasteiger partial charge is 0.450 e. The van der Waals surface area contributed by atoms with Crippen LogP contribution in [0.1, 0.15) is 26.7 Å². The van der Waals surface area contributed by atoms with E-state index in [4.69, 9.17) is 9.47 Å². The summed E-state index contributed by atoms with van der Waals surface area (Å²) in [5.74, 6) is 0. The second-order valence-corrected chi connectivity index (χ2v) is 3.04. The average Bonchev–Trinajstić information content (AvgIpc) is 2.24. The van der Waals surface area contributed by atoms with Gasteiger partial charge in [0.25, 0.3) is 0 Å². The summed E-state index contributed by atoms with van der Waals surface area (Å²) in [6, 6.07) is 0. The topological polar surface area (TPSA) is 76.7 Å². The minimum Gasteiger partial charge on any atom is -0.450 e. The predicted octanol–water partition coefficient (Wildman–Crippen LogP) is 1.26. The van der Waals surface area contributed by atoms with Gasteiger partial charge in [-0.2, -0.15) is 0 Å². The van der Waals surface area contributed by atoms with Crippen LogP contribution in [0.25, 0.3) is 0 Å². The van der Waals surface area contributed by atoms with Crippen LogP contribution in [0.2, 0.25) is 0 Å². The van der Waals surface area contributed by atoms with Crippen LogP contribution < -0.4 is 10.6 Å². The summed E-state index contributed by atoms with van der Waals surface area (Å²) >= 11 is 0. The molecule has 0 aromatic heterocycles. The molecule has 0 atom stereocenters. The summed E-state index contributed by atoms with van der Waals surface area (Å²) < 4.78 is 9.66. The first-order valence-electron chi connectivity index (χ1n) is 5.52. The number of hydrogen-bond donors (Lipinski definition) is 2. The van der Waals surface area contributed by atoms with E-state index in [0.29, 0.717) is 39.1 Å². The maximum atomic E-state index is 10.8. The maximum absolute atomic E-state index is 10.8. The number of unbranched alkanes of at least 4 members (excludes halogenated alkanes) is 1. The normalized spacial score (nSPS) is 9.38. The summed E-state index contributed by atoms with van der Waals surface area (Å²) in [5, 5.41) is 5.03. The van der Waals surface area contributed by atoms with Crippen molar-refractivity contribution in [3.05, 3.63) is 0 Å². The van der Waals surface area contributed by atoms with E-state index >= 15 is 0 Å². The van der Waals surface area contributed by atoms with Gasteiger partial charge in [-0.1, -0.05) is 0 Å². The Labute approximate surface area is 95.7 Å². The SMILES string of the molecule is CCNC(=O)OCCCCOC(=O)NCC. The van der Waals surface area contributed by atoms with Crippen molar-refractivity contribution in [2.75, 3.05) is 26.3 Å². The Bertz CT molecular complexity index is 187. The molecule has 0 aliphatic rings. The van der Waals surface area contributed by atoms with Crippen LogP contribution in [0, 0.1) is 0 Å². The van der Waals surface area contributed by atoms with E-state index in [1.54, 1.807) is 0 Å². The lowest BCUT2D eigenvalue weighted by Crippen LogP contribution is -2.25. The lowest BCUT2D eigenvalue weighted by Gasteiger charge is -2.06. The van der Waals surface area contributed by atoms with Gasteiger partial charge < -0.3 is 20.1 Å². The minimum atomic E-state index is -0.410. The monoisotopic (exact) mass is 232 g/mol. The van der Waals surface area contributed by atoms with E-state index in [1.807, 2.05) is 13.8 Å². The maximum Gasteiger partial charge on any atom is 0.407 e. The number of rotatable bonds is 7. The van der Waals surface area contributed by atoms with E-state index in [2.05, 4.69) is 10.6 Å². The van der Waals surface area contributed by atoms with Gasteiger partial charge in [0.05, 0.1) is 13.2 Å². The lowest BCUT2D eigenvalue weighted by atomic mass is 10.3. The summed E-state index contributed by atoms with van der Waals surface area (Å²) in [7, 11) is 0. The second-order valence-electron chi connectivity index (χ2n) is 3.04. The zero-order valence-electron chi connectivity index (χ0n) is 9.88. The van der Waals surface area contributed by atoms with Crippen molar-refractivity contribution >= 4 is 12.2 Å². The molecule has 0 heterocycles. The fourth-order valence-corrected chi connectivity index (χ4v) is 0.925. The molecule has 94 valence electrons. The highest BCUT2D eigenvalue weighted by Crippen LogP contribution is 1.92. The highest BCUT2D eigenvalue weighted by molar-refractivity contribution is 5.67. The molecule has 0 unspecified atom stereocenters. The molecule has 0 aliphatic heterocycles. The average molecular weight is 232 g/mol. The molecule has 0 saturated heterocycles. The van der Waals surface area contributed by atoms with Gasteiger partial charge in [-0.15, -0.1) is 0 Å². The van der Waals surface area contributed by atoms with Crippen LogP contribution in [0.15, 0.2) is 0 Å². The summed E-state index contributed by atoms with van der Waals surface area (Å²) in [4.78, 5) is 21.7. The van der Waals surface area contributed by atoms with Crippen LogP contribution in [0.3, 0.4) is 0 Å². The highest BCUT2D eigenvalue weighted by Gasteiger charge is 2.00. The van der Waals surface area contributed by atoms with Gasteiger partial charge in [0.15, 0.2) is 0 Å². The smallest absolute Gasteiger partial charge is 0.407 e. The number of carbonyl (C=O) groups is 2. The molecule has 16 heavy (non-hydrogen) atoms. The zero-order chi connectivity index (χ0) is 12.2. The molecule has 0 rings (SSSR count). The summed E-state index contributed by atoms with van der Waals surface area (Å²) in [6.45, 7) is 5.43. The Morgan fingerprint density at radius 3 is 1.56 bits per heavy atom. The van der Waals surface area contributed by atoms with E-state index in [0.717, 1.165) is 0 Å². The number of carbonyl (C=O) groups excluding carboxylic acids is 2. The molecule has 0 fully saturated rings. The minimum absolute atomic E-state index is 0.338. The van der Waals surface area contributed by atoms with Crippen molar-refractivity contribution in [1.29, 1.82) is 0 Å². The van der Waals surface area contributed by atoms with Gasteiger partial charge in [0.1, 0.15) is 0 Å². The van der Waals surface area contributed by atoms with Gasteiger partial charge >= 0.3 is 12.2 Å².